The number of guanidine groups is 1. The van der Waals surface area contributed by atoms with Gasteiger partial charge in [0.25, 0.3) is 10.0 Å². The highest BCUT2D eigenvalue weighted by molar-refractivity contribution is 7.90. The van der Waals surface area contributed by atoms with Gasteiger partial charge in [-0.3, -0.25) is 10.4 Å². The molecule has 26 heavy (non-hydrogen) atoms. The summed E-state index contributed by atoms with van der Waals surface area (Å²) in [5, 5.41) is 19.0. The van der Waals surface area contributed by atoms with Crippen molar-refractivity contribution in [3.63, 3.8) is 0 Å². The molecule has 0 bridgehead atoms. The SMILES string of the molecule is N=C(N)NS(=O)(=O)c1ccc(/N=C/c2c(O)ccc3ccccc23)cc1. The lowest BCUT2D eigenvalue weighted by atomic mass is 10.0. The van der Waals surface area contributed by atoms with Gasteiger partial charge < -0.3 is 10.8 Å². The molecule has 0 aliphatic rings. The second kappa shape index (κ2) is 6.85. The van der Waals surface area contributed by atoms with E-state index in [9.17, 15) is 13.5 Å². The molecule has 3 rings (SSSR count). The molecule has 0 aromatic heterocycles. The Morgan fingerprint density at radius 2 is 1.77 bits per heavy atom. The molecular formula is C18H16N4O3S. The lowest BCUT2D eigenvalue weighted by Crippen LogP contribution is -2.35. The number of nitrogens with zero attached hydrogens (tertiary/aromatic N) is 1. The summed E-state index contributed by atoms with van der Waals surface area (Å²) in [6.07, 6.45) is 1.54. The van der Waals surface area contributed by atoms with Crippen molar-refractivity contribution in [1.29, 1.82) is 5.41 Å². The van der Waals surface area contributed by atoms with Gasteiger partial charge in [-0.1, -0.05) is 30.3 Å². The van der Waals surface area contributed by atoms with Gasteiger partial charge in [0.05, 0.1) is 10.6 Å². The van der Waals surface area contributed by atoms with Crippen LogP contribution in [0.3, 0.4) is 0 Å². The van der Waals surface area contributed by atoms with Crippen LogP contribution in [0.15, 0.2) is 70.6 Å². The summed E-state index contributed by atoms with van der Waals surface area (Å²) in [6, 6.07) is 16.8. The van der Waals surface area contributed by atoms with Gasteiger partial charge >= 0.3 is 0 Å². The number of benzene rings is 3. The van der Waals surface area contributed by atoms with E-state index in [2.05, 4.69) is 4.99 Å². The number of hydrogen-bond donors (Lipinski definition) is 4. The summed E-state index contributed by atoms with van der Waals surface area (Å²) in [4.78, 5) is 4.28. The Kier molecular flexibility index (Phi) is 4.59. The first kappa shape index (κ1) is 17.4. The van der Waals surface area contributed by atoms with Crippen LogP contribution in [-0.4, -0.2) is 25.7 Å². The summed E-state index contributed by atoms with van der Waals surface area (Å²) in [5.41, 5.74) is 6.16. The van der Waals surface area contributed by atoms with Crippen molar-refractivity contribution >= 4 is 38.7 Å². The maximum atomic E-state index is 11.9. The molecule has 3 aromatic carbocycles. The van der Waals surface area contributed by atoms with E-state index in [-0.39, 0.29) is 10.6 Å². The number of aliphatic imine (C=N–C) groups is 1. The van der Waals surface area contributed by atoms with Crippen molar-refractivity contribution < 1.29 is 13.5 Å². The fourth-order valence-corrected chi connectivity index (χ4v) is 3.38. The van der Waals surface area contributed by atoms with Crippen LogP contribution in [0.1, 0.15) is 5.56 Å². The Bertz CT molecular complexity index is 1110. The van der Waals surface area contributed by atoms with E-state index in [0.717, 1.165) is 10.8 Å². The number of sulfonamides is 1. The molecule has 8 heteroatoms. The van der Waals surface area contributed by atoms with E-state index in [4.69, 9.17) is 11.1 Å². The van der Waals surface area contributed by atoms with Crippen LogP contribution >= 0.6 is 0 Å². The van der Waals surface area contributed by atoms with Gasteiger partial charge in [0.2, 0.25) is 0 Å². The maximum absolute atomic E-state index is 11.9. The number of rotatable bonds is 4. The normalized spacial score (nSPS) is 11.7. The fraction of sp³-hybridized carbons (Fsp3) is 0. The monoisotopic (exact) mass is 368 g/mol. The summed E-state index contributed by atoms with van der Waals surface area (Å²) in [6.45, 7) is 0. The van der Waals surface area contributed by atoms with Crippen LogP contribution in [0, 0.1) is 5.41 Å². The van der Waals surface area contributed by atoms with E-state index in [1.54, 1.807) is 6.07 Å². The molecule has 0 spiro atoms. The van der Waals surface area contributed by atoms with Crippen LogP contribution in [0.5, 0.6) is 5.75 Å². The Morgan fingerprint density at radius 3 is 2.46 bits per heavy atom. The number of phenolic OH excluding ortho intramolecular Hbond substituents is 1. The molecule has 7 nitrogen and oxygen atoms in total. The van der Waals surface area contributed by atoms with E-state index in [0.29, 0.717) is 11.3 Å². The molecule has 0 radical (unpaired) electrons. The molecule has 0 saturated heterocycles. The number of nitrogens with one attached hydrogen (secondary N) is 2. The molecule has 0 aliphatic carbocycles. The number of fused-ring (bicyclic) bond motifs is 1. The van der Waals surface area contributed by atoms with Crippen LogP contribution in [0.2, 0.25) is 0 Å². The summed E-state index contributed by atoms with van der Waals surface area (Å²) in [7, 11) is -3.87. The molecular weight excluding hydrogens is 352 g/mol. The van der Waals surface area contributed by atoms with Gasteiger partial charge in [0, 0.05) is 11.8 Å². The third-order valence-corrected chi connectivity index (χ3v) is 5.06. The van der Waals surface area contributed by atoms with Gasteiger partial charge in [0.15, 0.2) is 5.96 Å². The predicted octanol–water partition coefficient (Wildman–Crippen LogP) is 2.47. The molecule has 0 unspecified atom stereocenters. The molecule has 0 saturated carbocycles. The second-order valence-electron chi connectivity index (χ2n) is 5.49. The first-order chi connectivity index (χ1) is 12.4. The third kappa shape index (κ3) is 3.65. The maximum Gasteiger partial charge on any atom is 0.264 e. The minimum absolute atomic E-state index is 0.0281. The van der Waals surface area contributed by atoms with Gasteiger partial charge in [-0.25, -0.2) is 13.1 Å². The minimum Gasteiger partial charge on any atom is -0.507 e. The van der Waals surface area contributed by atoms with E-state index < -0.39 is 16.0 Å². The van der Waals surface area contributed by atoms with Crippen molar-refractivity contribution in [3.05, 3.63) is 66.2 Å². The average Bonchev–Trinajstić information content (AvgIpc) is 2.60. The van der Waals surface area contributed by atoms with Crippen LogP contribution < -0.4 is 10.5 Å². The van der Waals surface area contributed by atoms with Crippen LogP contribution in [-0.2, 0) is 10.0 Å². The molecule has 5 N–H and O–H groups in total. The summed E-state index contributed by atoms with van der Waals surface area (Å²) >= 11 is 0. The Morgan fingerprint density at radius 1 is 1.08 bits per heavy atom. The zero-order valence-electron chi connectivity index (χ0n) is 13.5. The van der Waals surface area contributed by atoms with E-state index >= 15 is 0 Å². The highest BCUT2D eigenvalue weighted by Crippen LogP contribution is 2.26. The number of hydrogen-bond acceptors (Lipinski definition) is 5. The molecule has 0 aliphatic heterocycles. The third-order valence-electron chi connectivity index (χ3n) is 3.68. The zero-order chi connectivity index (χ0) is 18.7. The molecule has 0 heterocycles. The molecule has 0 atom stereocenters. The zero-order valence-corrected chi connectivity index (χ0v) is 14.4. The standard InChI is InChI=1S/C18H16N4O3S/c19-18(20)22-26(24,25)14-8-6-13(7-9-14)21-11-16-15-4-2-1-3-12(15)5-10-17(16)23/h1-11,23H,(H4,19,20,22)/b21-11+. The van der Waals surface area contributed by atoms with Crippen molar-refractivity contribution in [3.8, 4) is 5.75 Å². The molecule has 0 fully saturated rings. The van der Waals surface area contributed by atoms with Gasteiger partial charge in [-0.2, -0.15) is 0 Å². The largest absolute Gasteiger partial charge is 0.507 e. The highest BCUT2D eigenvalue weighted by Gasteiger charge is 2.14. The first-order valence-electron chi connectivity index (χ1n) is 7.58. The summed E-state index contributed by atoms with van der Waals surface area (Å²) < 4.78 is 25.7. The van der Waals surface area contributed by atoms with Crippen molar-refractivity contribution in [2.45, 2.75) is 4.90 Å². The van der Waals surface area contributed by atoms with E-state index in [1.165, 1.54) is 30.5 Å². The van der Waals surface area contributed by atoms with Gasteiger partial charge in [-0.15, -0.1) is 0 Å². The molecule has 3 aromatic rings. The van der Waals surface area contributed by atoms with Gasteiger partial charge in [-0.05, 0) is 41.1 Å². The predicted molar refractivity (Wildman–Crippen MR) is 102 cm³/mol. The van der Waals surface area contributed by atoms with E-state index in [1.807, 2.05) is 35.1 Å². The lowest BCUT2D eigenvalue weighted by Gasteiger charge is -2.06. The first-order valence-corrected chi connectivity index (χ1v) is 9.07. The Labute approximate surface area is 150 Å². The topological polar surface area (TPSA) is 129 Å². The quantitative estimate of drug-likeness (QED) is 0.416. The number of nitrogens with two attached hydrogens (primary N) is 1. The minimum atomic E-state index is -3.87. The van der Waals surface area contributed by atoms with Crippen LogP contribution in [0.25, 0.3) is 10.8 Å². The number of aromatic hydroxyl groups is 1. The van der Waals surface area contributed by atoms with Crippen molar-refractivity contribution in [2.24, 2.45) is 10.7 Å². The number of phenols is 1. The Balaban J connectivity index is 1.91. The lowest BCUT2D eigenvalue weighted by molar-refractivity contribution is 0.475. The molecule has 0 amide bonds. The van der Waals surface area contributed by atoms with Crippen LogP contribution in [0.4, 0.5) is 5.69 Å². The highest BCUT2D eigenvalue weighted by atomic mass is 32.2. The fourth-order valence-electron chi connectivity index (χ4n) is 2.47. The summed E-state index contributed by atoms with van der Waals surface area (Å²) in [5.74, 6) is -0.546. The van der Waals surface area contributed by atoms with Crippen molar-refractivity contribution in [2.75, 3.05) is 0 Å². The Hall–Kier alpha value is -3.39. The second-order valence-corrected chi connectivity index (χ2v) is 7.17. The van der Waals surface area contributed by atoms with Crippen molar-refractivity contribution in [1.82, 2.24) is 4.72 Å². The van der Waals surface area contributed by atoms with Gasteiger partial charge in [0.1, 0.15) is 5.75 Å². The smallest absolute Gasteiger partial charge is 0.264 e. The molecule has 132 valence electrons. The average molecular weight is 368 g/mol.